The van der Waals surface area contributed by atoms with Crippen LogP contribution in [0.3, 0.4) is 0 Å². The Bertz CT molecular complexity index is 624. The molecule has 2 aromatic carbocycles. The molecule has 0 aliphatic rings. The van der Waals surface area contributed by atoms with Gasteiger partial charge < -0.3 is 41.3 Å². The average molecular weight is 518 g/mol. The quantitative estimate of drug-likeness (QED) is 0.245. The van der Waals surface area contributed by atoms with Gasteiger partial charge in [-0.1, -0.05) is 60.7 Å². The maximum absolute atomic E-state index is 11.2. The van der Waals surface area contributed by atoms with Crippen molar-refractivity contribution in [1.29, 1.82) is 0 Å². The predicted molar refractivity (Wildman–Crippen MR) is 96.9 cm³/mol. The monoisotopic (exact) mass is 516 g/mol. The van der Waals surface area contributed by atoms with E-state index in [0.29, 0.717) is 24.2 Å². The van der Waals surface area contributed by atoms with E-state index in [-0.39, 0.29) is 71.9 Å². The molecule has 0 saturated carbocycles. The van der Waals surface area contributed by atoms with E-state index in [1.54, 1.807) is 36.4 Å². The molecule has 0 fully saturated rings. The maximum atomic E-state index is 11.2. The average Bonchev–Trinajstić information content (AvgIpc) is 2.71. The van der Waals surface area contributed by atoms with Crippen molar-refractivity contribution in [3.05, 3.63) is 59.7 Å². The van der Waals surface area contributed by atoms with Crippen molar-refractivity contribution in [2.45, 2.75) is 25.3 Å². The minimum Gasteiger partial charge on any atom is -0.872 e. The Morgan fingerprint density at radius 3 is 1.30 bits per heavy atom. The third kappa shape index (κ3) is 13.2. The number of rotatable bonds is 10. The van der Waals surface area contributed by atoms with Crippen LogP contribution in [0.5, 0.6) is 11.5 Å². The van der Waals surface area contributed by atoms with Gasteiger partial charge in [0.1, 0.15) is 0 Å². The van der Waals surface area contributed by atoms with Gasteiger partial charge in [-0.25, -0.2) is 0 Å². The SMILES string of the molecule is [Cu+2].[Cu+2].[O-]c1ccccc1CNC[C@@H]([O-])CO.[O-]c1ccccc1CNC[C@H]([O-])CO. The largest absolute Gasteiger partial charge is 2.00 e. The molecule has 0 bridgehead atoms. The van der Waals surface area contributed by atoms with Gasteiger partial charge in [0, 0.05) is 26.3 Å². The molecule has 2 atom stereocenters. The van der Waals surface area contributed by atoms with E-state index in [4.69, 9.17) is 10.2 Å². The molecule has 30 heavy (non-hydrogen) atoms. The van der Waals surface area contributed by atoms with Crippen molar-refractivity contribution in [2.75, 3.05) is 26.3 Å². The van der Waals surface area contributed by atoms with Gasteiger partial charge in [-0.15, -0.1) is 11.5 Å². The molecule has 8 nitrogen and oxygen atoms in total. The molecule has 0 heterocycles. The molecular weight excluding hydrogens is 491 g/mol. The fourth-order valence-corrected chi connectivity index (χ4v) is 2.16. The standard InChI is InChI=1S/2C10H14NO3.2Cu/c2*12-7-9(13)6-11-5-8-3-1-2-4-10(8)14;;/h2*1-4,9,11-12,14H,5-7H2;;/q2*-1;2*+2/p-2/t2*9-;;/m10../s1. The van der Waals surface area contributed by atoms with Crippen molar-refractivity contribution in [3.63, 3.8) is 0 Å². The number of nitrogens with one attached hydrogen (secondary N) is 2. The molecule has 2 aromatic rings. The van der Waals surface area contributed by atoms with Gasteiger partial charge in [0.25, 0.3) is 0 Å². The fourth-order valence-electron chi connectivity index (χ4n) is 2.16. The first kappa shape index (κ1) is 31.0. The van der Waals surface area contributed by atoms with E-state index in [1.807, 2.05) is 0 Å². The number of hydrogen-bond donors (Lipinski definition) is 4. The summed E-state index contributed by atoms with van der Waals surface area (Å²) in [5.41, 5.74) is 1.27. The molecule has 2 radical (unpaired) electrons. The Morgan fingerprint density at radius 1 is 0.667 bits per heavy atom. The van der Waals surface area contributed by atoms with Crippen LogP contribution in [0.25, 0.3) is 0 Å². The second-order valence-electron chi connectivity index (χ2n) is 6.09. The summed E-state index contributed by atoms with van der Waals surface area (Å²) in [7, 11) is 0. The summed E-state index contributed by atoms with van der Waals surface area (Å²) in [5, 5.41) is 66.5. The first-order valence-corrected chi connectivity index (χ1v) is 8.92. The van der Waals surface area contributed by atoms with Gasteiger partial charge in [-0.3, -0.25) is 0 Å². The summed E-state index contributed by atoms with van der Waals surface area (Å²) in [4.78, 5) is 0. The maximum Gasteiger partial charge on any atom is 2.00 e. The molecule has 0 unspecified atom stereocenters. The molecule has 0 aliphatic carbocycles. The van der Waals surface area contributed by atoms with Crippen molar-refractivity contribution < 1.29 is 64.8 Å². The summed E-state index contributed by atoms with van der Waals surface area (Å²) in [6.45, 7) is 0.324. The second kappa shape index (κ2) is 18.6. The van der Waals surface area contributed by atoms with E-state index in [0.717, 1.165) is 0 Å². The number of hydrogen-bond acceptors (Lipinski definition) is 8. The van der Waals surface area contributed by atoms with Crippen molar-refractivity contribution in [3.8, 4) is 11.5 Å². The number of aliphatic hydroxyl groups excluding tert-OH is 2. The molecule has 174 valence electrons. The van der Waals surface area contributed by atoms with Crippen LogP contribution in [-0.4, -0.2) is 48.7 Å². The zero-order valence-corrected chi connectivity index (χ0v) is 18.0. The number of aliphatic hydroxyl groups is 2. The Morgan fingerprint density at radius 2 is 1.00 bits per heavy atom. The van der Waals surface area contributed by atoms with Gasteiger partial charge in [-0.2, -0.15) is 0 Å². The Labute approximate surface area is 197 Å². The zero-order chi connectivity index (χ0) is 20.8. The van der Waals surface area contributed by atoms with Gasteiger partial charge in [0.05, 0.1) is 0 Å². The Kier molecular flexibility index (Phi) is 19.2. The molecule has 0 aliphatic heterocycles. The molecule has 0 spiro atoms. The van der Waals surface area contributed by atoms with E-state index >= 15 is 0 Å². The van der Waals surface area contributed by atoms with Gasteiger partial charge in [0.15, 0.2) is 0 Å². The first-order valence-electron chi connectivity index (χ1n) is 8.92. The van der Waals surface area contributed by atoms with Gasteiger partial charge >= 0.3 is 34.1 Å². The third-order valence-electron chi connectivity index (χ3n) is 3.73. The third-order valence-corrected chi connectivity index (χ3v) is 3.73. The van der Waals surface area contributed by atoms with E-state index in [2.05, 4.69) is 10.6 Å². The molecule has 2 rings (SSSR count). The summed E-state index contributed by atoms with van der Waals surface area (Å²) in [6.07, 6.45) is -2.04. The molecule has 0 amide bonds. The minimum absolute atomic E-state index is 0. The summed E-state index contributed by atoms with van der Waals surface area (Å²) >= 11 is 0. The van der Waals surface area contributed by atoms with Crippen LogP contribution < -0.4 is 31.1 Å². The van der Waals surface area contributed by atoms with Gasteiger partial charge in [-0.05, 0) is 24.2 Å². The first-order chi connectivity index (χ1) is 13.5. The van der Waals surface area contributed by atoms with E-state index in [1.165, 1.54) is 12.1 Å². The van der Waals surface area contributed by atoms with Crippen LogP contribution in [0.1, 0.15) is 11.1 Å². The van der Waals surface area contributed by atoms with E-state index in [9.17, 15) is 20.4 Å². The van der Waals surface area contributed by atoms with Crippen LogP contribution in [0.4, 0.5) is 0 Å². The Hall–Kier alpha value is -1.16. The zero-order valence-electron chi connectivity index (χ0n) is 16.1. The Balaban J connectivity index is 0. The molecule has 4 N–H and O–H groups in total. The molecular formula is C20H26Cu2N2O6. The van der Waals surface area contributed by atoms with Crippen molar-refractivity contribution in [1.82, 2.24) is 10.6 Å². The summed E-state index contributed by atoms with van der Waals surface area (Å²) < 4.78 is 0. The summed E-state index contributed by atoms with van der Waals surface area (Å²) in [6, 6.07) is 13.3. The molecule has 0 aromatic heterocycles. The number of para-hydroxylation sites is 2. The van der Waals surface area contributed by atoms with Crippen LogP contribution in [0, 0.1) is 0 Å². The van der Waals surface area contributed by atoms with Crippen molar-refractivity contribution in [2.24, 2.45) is 0 Å². The van der Waals surface area contributed by atoms with E-state index < -0.39 is 12.2 Å². The topological polar surface area (TPSA) is 157 Å². The fraction of sp³-hybridized carbons (Fsp3) is 0.400. The van der Waals surface area contributed by atoms with Crippen LogP contribution >= 0.6 is 0 Å². The van der Waals surface area contributed by atoms with Crippen LogP contribution in [-0.2, 0) is 47.2 Å². The minimum atomic E-state index is -1.02. The summed E-state index contributed by atoms with van der Waals surface area (Å²) in [5.74, 6) is -0.0714. The smallest absolute Gasteiger partial charge is 0.872 e. The van der Waals surface area contributed by atoms with Crippen molar-refractivity contribution >= 4 is 0 Å². The molecule has 10 heteroatoms. The van der Waals surface area contributed by atoms with Crippen LogP contribution in [0.15, 0.2) is 48.5 Å². The predicted octanol–water partition coefficient (Wildman–Crippen LogP) is -2.86. The van der Waals surface area contributed by atoms with Crippen LogP contribution in [0.2, 0.25) is 0 Å². The number of benzene rings is 2. The van der Waals surface area contributed by atoms with Gasteiger partial charge in [0.2, 0.25) is 0 Å². The normalized spacial score (nSPS) is 11.9. The second-order valence-corrected chi connectivity index (χ2v) is 6.09. The molecule has 0 saturated heterocycles.